The predicted molar refractivity (Wildman–Crippen MR) is 48.4 cm³/mol. The SMILES string of the molecule is CN(C)c1n[nH]c(-c2nonc2N)n1. The van der Waals surface area contributed by atoms with Crippen LogP contribution >= 0.6 is 0 Å². The van der Waals surface area contributed by atoms with Crippen molar-refractivity contribution in [3.63, 3.8) is 0 Å². The summed E-state index contributed by atoms with van der Waals surface area (Å²) in [4.78, 5) is 5.88. The molecule has 0 radical (unpaired) electrons. The van der Waals surface area contributed by atoms with Crippen molar-refractivity contribution in [2.24, 2.45) is 0 Å². The number of aromatic nitrogens is 5. The largest absolute Gasteiger partial charge is 0.379 e. The number of rotatable bonds is 2. The minimum Gasteiger partial charge on any atom is -0.379 e. The standard InChI is InChI=1S/C6H9N7O/c1-13(2)6-8-5(9-10-6)3-4(7)12-14-11-3/h1-2H3,(H2,7,12)(H,8,9,10). The first-order chi connectivity index (χ1) is 6.68. The number of nitrogens with one attached hydrogen (secondary N) is 1. The Balaban J connectivity index is 2.39. The monoisotopic (exact) mass is 195 g/mol. The Hall–Kier alpha value is -2.12. The zero-order valence-corrected chi connectivity index (χ0v) is 7.72. The van der Waals surface area contributed by atoms with Crippen molar-refractivity contribution in [2.45, 2.75) is 0 Å². The Bertz CT molecular complexity index is 431. The molecule has 0 spiro atoms. The normalized spacial score (nSPS) is 10.4. The van der Waals surface area contributed by atoms with Crippen LogP contribution in [-0.4, -0.2) is 39.6 Å². The lowest BCUT2D eigenvalue weighted by Gasteiger charge is -2.03. The first-order valence-corrected chi connectivity index (χ1v) is 3.86. The van der Waals surface area contributed by atoms with Crippen LogP contribution in [0.1, 0.15) is 0 Å². The third-order valence-electron chi connectivity index (χ3n) is 1.61. The van der Waals surface area contributed by atoms with Crippen molar-refractivity contribution >= 4 is 11.8 Å². The summed E-state index contributed by atoms with van der Waals surface area (Å²) in [6, 6.07) is 0. The van der Waals surface area contributed by atoms with E-state index in [4.69, 9.17) is 5.73 Å². The highest BCUT2D eigenvalue weighted by Gasteiger charge is 2.14. The molecule has 0 aliphatic carbocycles. The molecule has 0 aliphatic heterocycles. The first-order valence-electron chi connectivity index (χ1n) is 3.86. The van der Waals surface area contributed by atoms with Crippen LogP contribution in [0.25, 0.3) is 11.5 Å². The molecule has 2 rings (SSSR count). The zero-order chi connectivity index (χ0) is 10.1. The molecule has 0 saturated carbocycles. The quantitative estimate of drug-likeness (QED) is 0.664. The maximum absolute atomic E-state index is 5.49. The molecule has 0 atom stereocenters. The van der Waals surface area contributed by atoms with Crippen molar-refractivity contribution in [3.05, 3.63) is 0 Å². The van der Waals surface area contributed by atoms with E-state index in [-0.39, 0.29) is 5.82 Å². The van der Waals surface area contributed by atoms with Gasteiger partial charge in [0.15, 0.2) is 17.3 Å². The molecule has 2 aromatic heterocycles. The minimum atomic E-state index is 0.187. The second-order valence-electron chi connectivity index (χ2n) is 2.88. The third kappa shape index (κ3) is 1.26. The number of H-pyrrole nitrogens is 1. The van der Waals surface area contributed by atoms with Crippen LogP contribution in [0.4, 0.5) is 11.8 Å². The summed E-state index contributed by atoms with van der Waals surface area (Å²) in [6.07, 6.45) is 0. The van der Waals surface area contributed by atoms with Crippen molar-refractivity contribution in [1.29, 1.82) is 0 Å². The number of hydrogen-bond donors (Lipinski definition) is 2. The Morgan fingerprint density at radius 2 is 2.14 bits per heavy atom. The second-order valence-corrected chi connectivity index (χ2v) is 2.88. The molecular weight excluding hydrogens is 186 g/mol. The lowest BCUT2D eigenvalue weighted by Crippen LogP contribution is -2.10. The number of aromatic amines is 1. The molecule has 8 nitrogen and oxygen atoms in total. The van der Waals surface area contributed by atoms with E-state index in [0.29, 0.717) is 17.5 Å². The Labute approximate surface area is 79.1 Å². The van der Waals surface area contributed by atoms with Gasteiger partial charge in [0.25, 0.3) is 0 Å². The van der Waals surface area contributed by atoms with Gasteiger partial charge in [0, 0.05) is 14.1 Å². The van der Waals surface area contributed by atoms with E-state index >= 15 is 0 Å². The molecule has 2 heterocycles. The van der Waals surface area contributed by atoms with Crippen molar-refractivity contribution in [1.82, 2.24) is 25.5 Å². The van der Waals surface area contributed by atoms with Gasteiger partial charge in [-0.25, -0.2) is 4.63 Å². The molecule has 2 aromatic rings. The van der Waals surface area contributed by atoms with E-state index in [9.17, 15) is 0 Å². The highest BCUT2D eigenvalue weighted by atomic mass is 16.6. The maximum atomic E-state index is 5.49. The summed E-state index contributed by atoms with van der Waals surface area (Å²) >= 11 is 0. The van der Waals surface area contributed by atoms with Crippen LogP contribution in [0.5, 0.6) is 0 Å². The number of nitrogens with two attached hydrogens (primary N) is 1. The lowest BCUT2D eigenvalue weighted by molar-refractivity contribution is 0.310. The van der Waals surface area contributed by atoms with Gasteiger partial charge >= 0.3 is 0 Å². The van der Waals surface area contributed by atoms with Crippen LogP contribution in [-0.2, 0) is 0 Å². The molecule has 0 fully saturated rings. The Kier molecular flexibility index (Phi) is 1.80. The zero-order valence-electron chi connectivity index (χ0n) is 7.72. The van der Waals surface area contributed by atoms with Crippen molar-refractivity contribution in [3.8, 4) is 11.5 Å². The predicted octanol–water partition coefficient (Wildman–Crippen LogP) is -0.497. The van der Waals surface area contributed by atoms with Gasteiger partial charge in [-0.05, 0) is 10.3 Å². The molecule has 14 heavy (non-hydrogen) atoms. The third-order valence-corrected chi connectivity index (χ3v) is 1.61. The van der Waals surface area contributed by atoms with E-state index in [1.807, 2.05) is 14.1 Å². The van der Waals surface area contributed by atoms with E-state index in [1.165, 1.54) is 0 Å². The summed E-state index contributed by atoms with van der Waals surface area (Å²) < 4.78 is 4.44. The summed E-state index contributed by atoms with van der Waals surface area (Å²) in [5.41, 5.74) is 5.86. The van der Waals surface area contributed by atoms with Crippen LogP contribution in [0, 0.1) is 0 Å². The van der Waals surface area contributed by atoms with Crippen LogP contribution < -0.4 is 10.6 Å². The molecule has 0 bridgehead atoms. The average Bonchev–Trinajstić information content (AvgIpc) is 2.71. The topological polar surface area (TPSA) is 110 Å². The van der Waals surface area contributed by atoms with E-state index in [0.717, 1.165) is 0 Å². The molecule has 0 aliphatic rings. The molecule has 8 heteroatoms. The highest BCUT2D eigenvalue weighted by Crippen LogP contribution is 2.18. The summed E-state index contributed by atoms with van der Waals surface area (Å²) in [6.45, 7) is 0. The molecule has 0 amide bonds. The fourth-order valence-electron chi connectivity index (χ4n) is 0.919. The molecule has 0 aromatic carbocycles. The van der Waals surface area contributed by atoms with Gasteiger partial charge in [-0.15, -0.1) is 5.10 Å². The Morgan fingerprint density at radius 3 is 2.64 bits per heavy atom. The van der Waals surface area contributed by atoms with Crippen molar-refractivity contribution in [2.75, 3.05) is 24.7 Å². The fourth-order valence-corrected chi connectivity index (χ4v) is 0.919. The average molecular weight is 195 g/mol. The van der Waals surface area contributed by atoms with Crippen molar-refractivity contribution < 1.29 is 4.63 Å². The van der Waals surface area contributed by atoms with E-state index < -0.39 is 0 Å². The van der Waals surface area contributed by atoms with Gasteiger partial charge in [-0.1, -0.05) is 0 Å². The number of hydrogen-bond acceptors (Lipinski definition) is 7. The fraction of sp³-hybridized carbons (Fsp3) is 0.333. The second kappa shape index (κ2) is 2.98. The van der Waals surface area contributed by atoms with Crippen LogP contribution in [0.15, 0.2) is 4.63 Å². The Morgan fingerprint density at radius 1 is 1.36 bits per heavy atom. The number of nitrogen functional groups attached to an aromatic ring is 1. The van der Waals surface area contributed by atoms with E-state index in [2.05, 4.69) is 30.1 Å². The summed E-state index contributed by atoms with van der Waals surface area (Å²) in [5, 5.41) is 13.7. The summed E-state index contributed by atoms with van der Waals surface area (Å²) in [5.74, 6) is 1.17. The van der Waals surface area contributed by atoms with Gasteiger partial charge in [-0.3, -0.25) is 5.10 Å². The molecule has 0 unspecified atom stereocenters. The number of nitrogens with zero attached hydrogens (tertiary/aromatic N) is 5. The van der Waals surface area contributed by atoms with Crippen LogP contribution in [0.3, 0.4) is 0 Å². The molecule has 0 saturated heterocycles. The highest BCUT2D eigenvalue weighted by molar-refractivity contribution is 5.62. The lowest BCUT2D eigenvalue weighted by atomic mass is 10.4. The van der Waals surface area contributed by atoms with Crippen LogP contribution in [0.2, 0.25) is 0 Å². The minimum absolute atomic E-state index is 0.187. The molecule has 3 N–H and O–H groups in total. The number of anilines is 2. The smallest absolute Gasteiger partial charge is 0.244 e. The van der Waals surface area contributed by atoms with Gasteiger partial charge in [0.1, 0.15) is 0 Å². The van der Waals surface area contributed by atoms with Gasteiger partial charge in [0.05, 0.1) is 0 Å². The van der Waals surface area contributed by atoms with Gasteiger partial charge < -0.3 is 10.6 Å². The van der Waals surface area contributed by atoms with Gasteiger partial charge in [-0.2, -0.15) is 4.98 Å². The maximum Gasteiger partial charge on any atom is 0.244 e. The molecular formula is C6H9N7O. The van der Waals surface area contributed by atoms with E-state index in [1.54, 1.807) is 4.90 Å². The first kappa shape index (κ1) is 8.48. The molecule has 74 valence electrons. The summed E-state index contributed by atoms with van der Waals surface area (Å²) in [7, 11) is 3.66. The van der Waals surface area contributed by atoms with Gasteiger partial charge in [0.2, 0.25) is 5.95 Å².